The second kappa shape index (κ2) is 5.69. The molecule has 6 heteroatoms. The molecule has 1 aliphatic carbocycles. The summed E-state index contributed by atoms with van der Waals surface area (Å²) in [5.41, 5.74) is 0. The Morgan fingerprint density at radius 1 is 1.37 bits per heavy atom. The van der Waals surface area contributed by atoms with Crippen LogP contribution in [0.1, 0.15) is 26.2 Å². The highest BCUT2D eigenvalue weighted by molar-refractivity contribution is 5.79. The molecular formula is C13H21F3N2O. The fourth-order valence-corrected chi connectivity index (χ4v) is 2.32. The van der Waals surface area contributed by atoms with Crippen LogP contribution in [0.25, 0.3) is 0 Å². The maximum absolute atomic E-state index is 12.3. The van der Waals surface area contributed by atoms with Gasteiger partial charge in [0.25, 0.3) is 0 Å². The lowest BCUT2D eigenvalue weighted by atomic mass is 9.88. The van der Waals surface area contributed by atoms with Crippen LogP contribution >= 0.6 is 0 Å². The summed E-state index contributed by atoms with van der Waals surface area (Å²) in [6, 6.07) is 0. The van der Waals surface area contributed by atoms with E-state index in [1.807, 2.05) is 6.92 Å². The van der Waals surface area contributed by atoms with Gasteiger partial charge < -0.3 is 10.2 Å². The first-order chi connectivity index (χ1) is 8.87. The Bertz CT molecular complexity index is 324. The first-order valence-corrected chi connectivity index (χ1v) is 6.93. The fraction of sp³-hybridized carbons (Fsp3) is 0.923. The third kappa shape index (κ3) is 4.37. The standard InChI is InChI=1S/C13H21F3N2O/c1-9(11-6-17-7-11)12(19)18(8-10-2-3-10)5-4-13(14,15)16/h9-11,17H,2-8H2,1H3. The maximum Gasteiger partial charge on any atom is 0.390 e. The minimum Gasteiger partial charge on any atom is -0.342 e. The van der Waals surface area contributed by atoms with Crippen LogP contribution in [0.2, 0.25) is 0 Å². The minimum absolute atomic E-state index is 0.109. The van der Waals surface area contributed by atoms with Crippen molar-refractivity contribution in [3.63, 3.8) is 0 Å². The minimum atomic E-state index is -4.19. The van der Waals surface area contributed by atoms with Gasteiger partial charge in [0, 0.05) is 19.0 Å². The van der Waals surface area contributed by atoms with Crippen molar-refractivity contribution in [2.24, 2.45) is 17.8 Å². The summed E-state index contributed by atoms with van der Waals surface area (Å²) < 4.78 is 37.0. The summed E-state index contributed by atoms with van der Waals surface area (Å²) in [6.07, 6.45) is -3.02. The molecule has 110 valence electrons. The summed E-state index contributed by atoms with van der Waals surface area (Å²) >= 11 is 0. The second-order valence-electron chi connectivity index (χ2n) is 5.80. The van der Waals surface area contributed by atoms with E-state index in [1.54, 1.807) is 0 Å². The maximum atomic E-state index is 12.3. The molecule has 0 aromatic rings. The summed E-state index contributed by atoms with van der Waals surface area (Å²) in [6.45, 7) is 3.73. The number of carbonyl (C=O) groups is 1. The van der Waals surface area contributed by atoms with Gasteiger partial charge in [0.15, 0.2) is 0 Å². The molecule has 1 saturated heterocycles. The molecule has 2 fully saturated rings. The fourth-order valence-electron chi connectivity index (χ4n) is 2.32. The first-order valence-electron chi connectivity index (χ1n) is 6.93. The van der Waals surface area contributed by atoms with E-state index in [-0.39, 0.29) is 24.3 Å². The number of halogens is 3. The van der Waals surface area contributed by atoms with Gasteiger partial charge in [-0.3, -0.25) is 4.79 Å². The molecule has 2 rings (SSSR count). The van der Waals surface area contributed by atoms with E-state index in [0.717, 1.165) is 25.9 Å². The molecule has 1 aliphatic heterocycles. The topological polar surface area (TPSA) is 32.3 Å². The van der Waals surface area contributed by atoms with Gasteiger partial charge in [0.1, 0.15) is 0 Å². The highest BCUT2D eigenvalue weighted by atomic mass is 19.4. The smallest absolute Gasteiger partial charge is 0.342 e. The third-order valence-electron chi connectivity index (χ3n) is 4.06. The molecule has 1 heterocycles. The normalized spacial score (nSPS) is 21.9. The Balaban J connectivity index is 1.88. The van der Waals surface area contributed by atoms with Crippen LogP contribution in [0, 0.1) is 17.8 Å². The highest BCUT2D eigenvalue weighted by Crippen LogP contribution is 2.31. The number of rotatable bonds is 6. The molecular weight excluding hydrogens is 257 g/mol. The predicted octanol–water partition coefficient (Wildman–Crippen LogP) is 2.03. The van der Waals surface area contributed by atoms with Crippen LogP contribution in [0.15, 0.2) is 0 Å². The van der Waals surface area contributed by atoms with Crippen LogP contribution in [0.4, 0.5) is 13.2 Å². The molecule has 0 bridgehead atoms. The van der Waals surface area contributed by atoms with Crippen LogP contribution in [-0.2, 0) is 4.79 Å². The third-order valence-corrected chi connectivity index (χ3v) is 4.06. The van der Waals surface area contributed by atoms with E-state index in [2.05, 4.69) is 5.32 Å². The SMILES string of the molecule is CC(C(=O)N(CCC(F)(F)F)CC1CC1)C1CNC1. The van der Waals surface area contributed by atoms with Crippen molar-refractivity contribution in [1.29, 1.82) is 0 Å². The molecule has 1 N–H and O–H groups in total. The molecule has 2 aliphatic rings. The van der Waals surface area contributed by atoms with Crippen molar-refractivity contribution in [1.82, 2.24) is 10.2 Å². The number of amides is 1. The summed E-state index contributed by atoms with van der Waals surface area (Å²) in [5, 5.41) is 3.09. The van der Waals surface area contributed by atoms with Gasteiger partial charge in [-0.05, 0) is 37.8 Å². The Hall–Kier alpha value is -0.780. The van der Waals surface area contributed by atoms with Gasteiger partial charge >= 0.3 is 6.18 Å². The van der Waals surface area contributed by atoms with Crippen molar-refractivity contribution in [2.75, 3.05) is 26.2 Å². The number of hydrogen-bond donors (Lipinski definition) is 1. The van der Waals surface area contributed by atoms with E-state index in [0.29, 0.717) is 12.5 Å². The Morgan fingerprint density at radius 2 is 2.00 bits per heavy atom. The second-order valence-corrected chi connectivity index (χ2v) is 5.80. The zero-order valence-electron chi connectivity index (χ0n) is 11.2. The molecule has 3 nitrogen and oxygen atoms in total. The molecule has 1 amide bonds. The lowest BCUT2D eigenvalue weighted by molar-refractivity contribution is -0.148. The summed E-state index contributed by atoms with van der Waals surface area (Å²) in [5.74, 6) is 0.417. The lowest BCUT2D eigenvalue weighted by Crippen LogP contribution is -2.51. The lowest BCUT2D eigenvalue weighted by Gasteiger charge is -2.35. The molecule has 0 radical (unpaired) electrons. The van der Waals surface area contributed by atoms with Gasteiger partial charge in [0.2, 0.25) is 5.91 Å². The zero-order chi connectivity index (χ0) is 14.0. The van der Waals surface area contributed by atoms with Gasteiger partial charge in [-0.1, -0.05) is 6.92 Å². The molecule has 0 aromatic heterocycles. The van der Waals surface area contributed by atoms with Crippen LogP contribution in [0.5, 0.6) is 0 Å². The molecule has 0 aromatic carbocycles. The Labute approximate surface area is 111 Å². The van der Waals surface area contributed by atoms with Crippen LogP contribution < -0.4 is 5.32 Å². The molecule has 1 unspecified atom stereocenters. The Morgan fingerprint density at radius 3 is 2.42 bits per heavy atom. The average Bonchev–Trinajstić information content (AvgIpc) is 3.03. The number of nitrogens with zero attached hydrogens (tertiary/aromatic N) is 1. The van der Waals surface area contributed by atoms with E-state index in [1.165, 1.54) is 4.90 Å². The van der Waals surface area contributed by atoms with Gasteiger partial charge in [-0.2, -0.15) is 13.2 Å². The zero-order valence-corrected chi connectivity index (χ0v) is 11.2. The van der Waals surface area contributed by atoms with Crippen LogP contribution in [-0.4, -0.2) is 43.2 Å². The Kier molecular flexibility index (Phi) is 4.38. The molecule has 19 heavy (non-hydrogen) atoms. The van der Waals surface area contributed by atoms with Crippen molar-refractivity contribution in [3.8, 4) is 0 Å². The van der Waals surface area contributed by atoms with Crippen LogP contribution in [0.3, 0.4) is 0 Å². The molecule has 1 atom stereocenters. The van der Waals surface area contributed by atoms with E-state index >= 15 is 0 Å². The average molecular weight is 278 g/mol. The van der Waals surface area contributed by atoms with Crippen molar-refractivity contribution < 1.29 is 18.0 Å². The van der Waals surface area contributed by atoms with Crippen molar-refractivity contribution in [2.45, 2.75) is 32.4 Å². The van der Waals surface area contributed by atoms with E-state index in [9.17, 15) is 18.0 Å². The largest absolute Gasteiger partial charge is 0.390 e. The van der Waals surface area contributed by atoms with Crippen molar-refractivity contribution in [3.05, 3.63) is 0 Å². The van der Waals surface area contributed by atoms with E-state index in [4.69, 9.17) is 0 Å². The van der Waals surface area contributed by atoms with Gasteiger partial charge in [0.05, 0.1) is 6.42 Å². The molecule has 0 spiro atoms. The highest BCUT2D eigenvalue weighted by Gasteiger charge is 2.36. The number of nitrogens with one attached hydrogen (secondary N) is 1. The number of hydrogen-bond acceptors (Lipinski definition) is 2. The van der Waals surface area contributed by atoms with E-state index < -0.39 is 12.6 Å². The summed E-state index contributed by atoms with van der Waals surface area (Å²) in [7, 11) is 0. The predicted molar refractivity (Wildman–Crippen MR) is 65.5 cm³/mol. The van der Waals surface area contributed by atoms with Crippen molar-refractivity contribution >= 4 is 5.91 Å². The summed E-state index contributed by atoms with van der Waals surface area (Å²) in [4.78, 5) is 13.7. The van der Waals surface area contributed by atoms with Gasteiger partial charge in [-0.25, -0.2) is 0 Å². The van der Waals surface area contributed by atoms with Gasteiger partial charge in [-0.15, -0.1) is 0 Å². The quantitative estimate of drug-likeness (QED) is 0.806. The molecule has 1 saturated carbocycles. The first kappa shape index (κ1) is 14.6. The monoisotopic (exact) mass is 278 g/mol. The number of alkyl halides is 3. The number of carbonyl (C=O) groups excluding carboxylic acids is 1.